The zero-order valence-corrected chi connectivity index (χ0v) is 11.6. The molecule has 3 unspecified atom stereocenters. The molecule has 2 aliphatic rings. The molecule has 2 fully saturated rings. The van der Waals surface area contributed by atoms with Crippen LogP contribution in [0.15, 0.2) is 28.9 Å². The van der Waals surface area contributed by atoms with Crippen molar-refractivity contribution in [3.8, 4) is 12.3 Å². The summed E-state index contributed by atoms with van der Waals surface area (Å²) in [6, 6.07) is 6.05. The molecule has 1 saturated carbocycles. The molecule has 106 valence electrons. The molecule has 2 N–H and O–H groups in total. The van der Waals surface area contributed by atoms with Crippen LogP contribution in [0.5, 0.6) is 0 Å². The molecule has 0 radical (unpaired) electrons. The highest BCUT2D eigenvalue weighted by Crippen LogP contribution is 2.31. The van der Waals surface area contributed by atoms with Crippen LogP contribution in [0.4, 0.5) is 0 Å². The minimum absolute atomic E-state index is 0.0413. The lowest BCUT2D eigenvalue weighted by Gasteiger charge is -2.24. The number of hydrogen-bond donors (Lipinski definition) is 2. The zero-order valence-electron chi connectivity index (χ0n) is 11.6. The van der Waals surface area contributed by atoms with Gasteiger partial charge in [-0.1, -0.05) is 5.92 Å². The van der Waals surface area contributed by atoms with Crippen molar-refractivity contribution in [3.05, 3.63) is 35.6 Å². The minimum atomic E-state index is -0.0413. The Morgan fingerprint density at radius 3 is 3.05 bits per heavy atom. The van der Waals surface area contributed by atoms with Gasteiger partial charge < -0.3 is 15.1 Å². The number of piperidine rings is 1. The molecule has 3 atom stereocenters. The van der Waals surface area contributed by atoms with Crippen molar-refractivity contribution in [1.29, 1.82) is 0 Å². The number of amides is 1. The summed E-state index contributed by atoms with van der Waals surface area (Å²) < 4.78 is 5.36. The summed E-state index contributed by atoms with van der Waals surface area (Å²) in [7, 11) is 0. The first-order valence-corrected chi connectivity index (χ1v) is 7.26. The lowest BCUT2D eigenvalue weighted by Crippen LogP contribution is -2.47. The predicted octanol–water partition coefficient (Wildman–Crippen LogP) is 1.89. The third kappa shape index (κ3) is 2.01. The number of terminal acetylenes is 1. The Balaban J connectivity index is 1.58. The summed E-state index contributed by atoms with van der Waals surface area (Å²) in [5, 5.41) is 7.40. The van der Waals surface area contributed by atoms with E-state index < -0.39 is 0 Å². The lowest BCUT2D eigenvalue weighted by molar-refractivity contribution is 0.0928. The van der Waals surface area contributed by atoms with E-state index in [1.165, 1.54) is 6.42 Å². The molecule has 1 saturated heterocycles. The van der Waals surface area contributed by atoms with Crippen LogP contribution in [-0.4, -0.2) is 24.5 Å². The number of hydrogen-bond acceptors (Lipinski definition) is 3. The SMILES string of the molecule is C#Cc1coc2ccc(C(=O)NC3CC4CNC3C4)cc12. The largest absolute Gasteiger partial charge is 0.463 e. The van der Waals surface area contributed by atoms with Gasteiger partial charge in [0.05, 0.1) is 5.56 Å². The van der Waals surface area contributed by atoms with Crippen LogP contribution in [0.1, 0.15) is 28.8 Å². The number of furan rings is 1. The molecule has 2 bridgehead atoms. The summed E-state index contributed by atoms with van der Waals surface area (Å²) in [5.41, 5.74) is 2.02. The molecule has 1 aliphatic carbocycles. The first-order valence-electron chi connectivity index (χ1n) is 7.26. The van der Waals surface area contributed by atoms with Gasteiger partial charge in [-0.05, 0) is 43.5 Å². The van der Waals surface area contributed by atoms with Crippen molar-refractivity contribution in [2.45, 2.75) is 24.9 Å². The Hall–Kier alpha value is -2.25. The van der Waals surface area contributed by atoms with Crippen LogP contribution in [0, 0.1) is 18.3 Å². The Labute approximate surface area is 122 Å². The monoisotopic (exact) mass is 280 g/mol. The standard InChI is InChI=1S/C17H16N2O2/c1-2-11-9-21-16-4-3-12(7-13(11)16)17(20)19-15-6-10-5-14(15)18-8-10/h1,3-4,7,9-10,14-15,18H,5-6,8H2,(H,19,20). The molecule has 1 aromatic carbocycles. The maximum absolute atomic E-state index is 12.4. The number of carbonyl (C=O) groups is 1. The summed E-state index contributed by atoms with van der Waals surface area (Å²) in [5.74, 6) is 3.25. The van der Waals surface area contributed by atoms with Crippen LogP contribution >= 0.6 is 0 Å². The summed E-state index contributed by atoms with van der Waals surface area (Å²) >= 11 is 0. The van der Waals surface area contributed by atoms with E-state index in [-0.39, 0.29) is 11.9 Å². The van der Waals surface area contributed by atoms with Crippen LogP contribution in [-0.2, 0) is 0 Å². The van der Waals surface area contributed by atoms with Gasteiger partial charge in [-0.3, -0.25) is 4.79 Å². The van der Waals surface area contributed by atoms with Gasteiger partial charge in [0.25, 0.3) is 5.91 Å². The van der Waals surface area contributed by atoms with Crippen molar-refractivity contribution < 1.29 is 9.21 Å². The van der Waals surface area contributed by atoms with Crippen molar-refractivity contribution in [2.75, 3.05) is 6.54 Å². The van der Waals surface area contributed by atoms with Gasteiger partial charge in [0.1, 0.15) is 11.8 Å². The molecular formula is C17H16N2O2. The fourth-order valence-electron chi connectivity index (χ4n) is 3.55. The van der Waals surface area contributed by atoms with Crippen LogP contribution < -0.4 is 10.6 Å². The third-order valence-corrected chi connectivity index (χ3v) is 4.64. The maximum Gasteiger partial charge on any atom is 0.251 e. The van der Waals surface area contributed by atoms with Crippen molar-refractivity contribution in [3.63, 3.8) is 0 Å². The number of fused-ring (bicyclic) bond motifs is 3. The molecule has 1 aliphatic heterocycles. The van der Waals surface area contributed by atoms with Crippen LogP contribution in [0.2, 0.25) is 0 Å². The number of rotatable bonds is 2. The van der Waals surface area contributed by atoms with Gasteiger partial charge >= 0.3 is 0 Å². The minimum Gasteiger partial charge on any atom is -0.463 e. The van der Waals surface area contributed by atoms with Crippen molar-refractivity contribution in [1.82, 2.24) is 10.6 Å². The molecule has 4 heteroatoms. The molecule has 21 heavy (non-hydrogen) atoms. The molecule has 2 heterocycles. The predicted molar refractivity (Wildman–Crippen MR) is 79.9 cm³/mol. The molecular weight excluding hydrogens is 264 g/mol. The Kier molecular flexibility index (Phi) is 2.76. The normalized spacial score (nSPS) is 26.9. The van der Waals surface area contributed by atoms with E-state index >= 15 is 0 Å². The Morgan fingerprint density at radius 2 is 2.33 bits per heavy atom. The van der Waals surface area contributed by atoms with Gasteiger partial charge in [0, 0.05) is 23.0 Å². The van der Waals surface area contributed by atoms with Gasteiger partial charge in [-0.25, -0.2) is 0 Å². The highest BCUT2D eigenvalue weighted by molar-refractivity contribution is 5.99. The van der Waals surface area contributed by atoms with Gasteiger partial charge in [-0.2, -0.15) is 0 Å². The van der Waals surface area contributed by atoms with Gasteiger partial charge in [0.15, 0.2) is 0 Å². The number of carbonyl (C=O) groups excluding carboxylic acids is 1. The maximum atomic E-state index is 12.4. The summed E-state index contributed by atoms with van der Waals surface area (Å²) in [6.45, 7) is 1.09. The lowest BCUT2D eigenvalue weighted by atomic mass is 10.1. The average molecular weight is 280 g/mol. The average Bonchev–Trinajstić information content (AvgIpc) is 3.21. The quantitative estimate of drug-likeness (QED) is 0.826. The van der Waals surface area contributed by atoms with Gasteiger partial charge in [0.2, 0.25) is 0 Å². The molecule has 4 rings (SSSR count). The summed E-state index contributed by atoms with van der Waals surface area (Å²) in [4.78, 5) is 12.4. The fourth-order valence-corrected chi connectivity index (χ4v) is 3.55. The fraction of sp³-hybridized carbons (Fsp3) is 0.353. The van der Waals surface area contributed by atoms with E-state index in [1.54, 1.807) is 18.4 Å². The van der Waals surface area contributed by atoms with E-state index in [2.05, 4.69) is 16.6 Å². The third-order valence-electron chi connectivity index (χ3n) is 4.64. The van der Waals surface area contributed by atoms with Gasteiger partial charge in [-0.15, -0.1) is 6.42 Å². The first kappa shape index (κ1) is 12.5. The highest BCUT2D eigenvalue weighted by Gasteiger charge is 2.40. The van der Waals surface area contributed by atoms with E-state index in [0.29, 0.717) is 28.7 Å². The second-order valence-corrected chi connectivity index (χ2v) is 5.94. The van der Waals surface area contributed by atoms with E-state index in [0.717, 1.165) is 18.4 Å². The first-order chi connectivity index (χ1) is 10.2. The number of benzene rings is 1. The zero-order chi connectivity index (χ0) is 14.4. The topological polar surface area (TPSA) is 54.3 Å². The number of nitrogens with one attached hydrogen (secondary N) is 2. The summed E-state index contributed by atoms with van der Waals surface area (Å²) in [6.07, 6.45) is 9.24. The van der Waals surface area contributed by atoms with Crippen molar-refractivity contribution in [2.24, 2.45) is 5.92 Å². The van der Waals surface area contributed by atoms with Crippen LogP contribution in [0.3, 0.4) is 0 Å². The smallest absolute Gasteiger partial charge is 0.251 e. The highest BCUT2D eigenvalue weighted by atomic mass is 16.3. The molecule has 1 amide bonds. The van der Waals surface area contributed by atoms with Crippen molar-refractivity contribution >= 4 is 16.9 Å². The Bertz CT molecular complexity index is 756. The second-order valence-electron chi connectivity index (χ2n) is 5.94. The second kappa shape index (κ2) is 4.64. The molecule has 1 aromatic heterocycles. The van der Waals surface area contributed by atoms with E-state index in [4.69, 9.17) is 10.8 Å². The molecule has 4 nitrogen and oxygen atoms in total. The molecule has 0 spiro atoms. The van der Waals surface area contributed by atoms with E-state index in [9.17, 15) is 4.79 Å². The van der Waals surface area contributed by atoms with Crippen LogP contribution in [0.25, 0.3) is 11.0 Å². The molecule has 2 aromatic rings. The van der Waals surface area contributed by atoms with E-state index in [1.807, 2.05) is 6.07 Å². The Morgan fingerprint density at radius 1 is 1.43 bits per heavy atom.